The van der Waals surface area contributed by atoms with Crippen LogP contribution in [-0.4, -0.2) is 26.8 Å². The van der Waals surface area contributed by atoms with Crippen molar-refractivity contribution >= 4 is 46.8 Å². The van der Waals surface area contributed by atoms with Gasteiger partial charge in [0, 0.05) is 35.3 Å². The van der Waals surface area contributed by atoms with Gasteiger partial charge < -0.3 is 10.4 Å². The van der Waals surface area contributed by atoms with Crippen LogP contribution in [0, 0.1) is 0 Å². The molecule has 1 heterocycles. The summed E-state index contributed by atoms with van der Waals surface area (Å²) in [6.45, 7) is 0.471. The average molecular weight is 368 g/mol. The molecule has 0 spiro atoms. The molecule has 0 unspecified atom stereocenters. The number of nitrogens with one attached hydrogen (secondary N) is 1. The number of amides is 1. The van der Waals surface area contributed by atoms with Gasteiger partial charge in [-0.3, -0.25) is 14.3 Å². The van der Waals surface area contributed by atoms with Crippen LogP contribution < -0.4 is 5.32 Å². The third-order valence-corrected chi connectivity index (χ3v) is 3.62. The predicted molar refractivity (Wildman–Crippen MR) is 93.2 cm³/mol. The van der Waals surface area contributed by atoms with Gasteiger partial charge in [-0.15, -0.1) is 0 Å². The summed E-state index contributed by atoms with van der Waals surface area (Å²) in [6, 6.07) is 5.00. The van der Waals surface area contributed by atoms with Gasteiger partial charge in [-0.2, -0.15) is 5.10 Å². The van der Waals surface area contributed by atoms with E-state index in [4.69, 9.17) is 28.3 Å². The lowest BCUT2D eigenvalue weighted by Crippen LogP contribution is -2.07. The highest BCUT2D eigenvalue weighted by Gasteiger charge is 2.04. The number of carboxylic acids is 1. The zero-order valence-electron chi connectivity index (χ0n) is 12.6. The Morgan fingerprint density at radius 2 is 2.12 bits per heavy atom. The standard InChI is InChI=1S/C16H15Cl2N3O3/c17-12-5-3-11(14(18)8-12)4-6-15(22)20-13-9-19-21(10-13)7-1-2-16(23)24/h3-6,8-10H,1-2,7H2,(H,20,22)(H,23,24)/b6-4+. The van der Waals surface area contributed by atoms with E-state index in [-0.39, 0.29) is 12.3 Å². The van der Waals surface area contributed by atoms with Crippen molar-refractivity contribution in [1.29, 1.82) is 0 Å². The second-order valence-corrected chi connectivity index (χ2v) is 5.82. The zero-order chi connectivity index (χ0) is 17.5. The highest BCUT2D eigenvalue weighted by Crippen LogP contribution is 2.22. The van der Waals surface area contributed by atoms with Crippen LogP contribution in [0.2, 0.25) is 10.0 Å². The largest absolute Gasteiger partial charge is 0.481 e. The molecule has 0 aliphatic heterocycles. The van der Waals surface area contributed by atoms with Crippen molar-refractivity contribution in [2.75, 3.05) is 5.32 Å². The molecule has 0 saturated carbocycles. The maximum Gasteiger partial charge on any atom is 0.303 e. The topological polar surface area (TPSA) is 84.2 Å². The van der Waals surface area contributed by atoms with Crippen LogP contribution in [0.1, 0.15) is 18.4 Å². The van der Waals surface area contributed by atoms with Gasteiger partial charge >= 0.3 is 5.97 Å². The van der Waals surface area contributed by atoms with Gasteiger partial charge in [-0.05, 0) is 30.2 Å². The number of aromatic nitrogens is 2. The van der Waals surface area contributed by atoms with Crippen molar-refractivity contribution < 1.29 is 14.7 Å². The summed E-state index contributed by atoms with van der Waals surface area (Å²) in [7, 11) is 0. The van der Waals surface area contributed by atoms with Crippen LogP contribution in [-0.2, 0) is 16.1 Å². The monoisotopic (exact) mass is 367 g/mol. The van der Waals surface area contributed by atoms with E-state index in [1.165, 1.54) is 12.3 Å². The first kappa shape index (κ1) is 18.0. The summed E-state index contributed by atoms with van der Waals surface area (Å²) in [4.78, 5) is 22.4. The van der Waals surface area contributed by atoms with Crippen LogP contribution in [0.5, 0.6) is 0 Å². The number of hydrogen-bond acceptors (Lipinski definition) is 3. The molecule has 24 heavy (non-hydrogen) atoms. The quantitative estimate of drug-likeness (QED) is 0.730. The van der Waals surface area contributed by atoms with Gasteiger partial charge in [-0.1, -0.05) is 29.3 Å². The van der Waals surface area contributed by atoms with Gasteiger partial charge in [0.25, 0.3) is 0 Å². The molecule has 126 valence electrons. The SMILES string of the molecule is O=C(O)CCCn1cc(NC(=O)/C=C/c2ccc(Cl)cc2Cl)cn1. The number of aliphatic carboxylic acids is 1. The summed E-state index contributed by atoms with van der Waals surface area (Å²) in [5.74, 6) is -1.17. The molecule has 6 nitrogen and oxygen atoms in total. The Balaban J connectivity index is 1.89. The smallest absolute Gasteiger partial charge is 0.303 e. The first-order valence-corrected chi connectivity index (χ1v) is 7.88. The summed E-state index contributed by atoms with van der Waals surface area (Å²) in [5, 5.41) is 16.3. The Bertz CT molecular complexity index is 772. The molecule has 8 heteroatoms. The Morgan fingerprint density at radius 3 is 2.83 bits per heavy atom. The van der Waals surface area contributed by atoms with E-state index < -0.39 is 5.97 Å². The van der Waals surface area contributed by atoms with Gasteiger partial charge in [-0.25, -0.2) is 0 Å². The number of rotatable bonds is 7. The van der Waals surface area contributed by atoms with Crippen molar-refractivity contribution in [2.45, 2.75) is 19.4 Å². The number of aryl methyl sites for hydroxylation is 1. The minimum absolute atomic E-state index is 0.0755. The maximum absolute atomic E-state index is 11.9. The molecule has 2 N–H and O–H groups in total. The van der Waals surface area contributed by atoms with Gasteiger partial charge in [0.2, 0.25) is 5.91 Å². The lowest BCUT2D eigenvalue weighted by molar-refractivity contribution is -0.137. The van der Waals surface area contributed by atoms with Gasteiger partial charge in [0.05, 0.1) is 11.9 Å². The Kier molecular flexibility index (Phi) is 6.40. The van der Waals surface area contributed by atoms with Crippen LogP contribution in [0.15, 0.2) is 36.7 Å². The van der Waals surface area contributed by atoms with Crippen LogP contribution >= 0.6 is 23.2 Å². The average Bonchev–Trinajstić information content (AvgIpc) is 2.93. The predicted octanol–water partition coefficient (Wildman–Crippen LogP) is 3.71. The normalized spacial score (nSPS) is 10.9. The minimum atomic E-state index is -0.846. The molecule has 0 bridgehead atoms. The van der Waals surface area contributed by atoms with Gasteiger partial charge in [0.15, 0.2) is 0 Å². The number of carbonyl (C=O) groups is 2. The molecule has 1 aromatic carbocycles. The summed E-state index contributed by atoms with van der Waals surface area (Å²) < 4.78 is 1.58. The van der Waals surface area contributed by atoms with Crippen molar-refractivity contribution in [3.8, 4) is 0 Å². The first-order valence-electron chi connectivity index (χ1n) is 7.12. The van der Waals surface area contributed by atoms with E-state index in [0.717, 1.165) is 0 Å². The Hall–Kier alpha value is -2.31. The molecular formula is C16H15Cl2N3O3. The van der Waals surface area contributed by atoms with E-state index in [1.807, 2.05) is 0 Å². The molecule has 2 rings (SSSR count). The molecular weight excluding hydrogens is 353 g/mol. The van der Waals surface area contributed by atoms with Crippen LogP contribution in [0.25, 0.3) is 6.08 Å². The number of carboxylic acid groups (broad SMARTS) is 1. The number of carbonyl (C=O) groups excluding carboxylic acids is 1. The van der Waals surface area contributed by atoms with E-state index in [2.05, 4.69) is 10.4 Å². The van der Waals surface area contributed by atoms with Crippen molar-refractivity contribution in [3.63, 3.8) is 0 Å². The molecule has 0 saturated heterocycles. The molecule has 2 aromatic rings. The highest BCUT2D eigenvalue weighted by atomic mass is 35.5. The minimum Gasteiger partial charge on any atom is -0.481 e. The Labute approximate surface area is 148 Å². The fraction of sp³-hybridized carbons (Fsp3) is 0.188. The summed E-state index contributed by atoms with van der Waals surface area (Å²) in [5.41, 5.74) is 1.21. The molecule has 0 atom stereocenters. The fourth-order valence-electron chi connectivity index (χ4n) is 1.93. The lowest BCUT2D eigenvalue weighted by atomic mass is 10.2. The third kappa shape index (κ3) is 5.72. The van der Waals surface area contributed by atoms with E-state index in [0.29, 0.717) is 34.3 Å². The number of benzene rings is 1. The molecule has 1 aromatic heterocycles. The van der Waals surface area contributed by atoms with Crippen LogP contribution in [0.3, 0.4) is 0 Å². The lowest BCUT2D eigenvalue weighted by Gasteiger charge is -2.00. The number of nitrogens with zero attached hydrogens (tertiary/aromatic N) is 2. The number of anilines is 1. The van der Waals surface area contributed by atoms with Crippen molar-refractivity contribution in [2.24, 2.45) is 0 Å². The first-order chi connectivity index (χ1) is 11.4. The van der Waals surface area contributed by atoms with Crippen molar-refractivity contribution in [1.82, 2.24) is 9.78 Å². The molecule has 0 aliphatic rings. The van der Waals surface area contributed by atoms with Crippen molar-refractivity contribution in [3.05, 3.63) is 52.3 Å². The number of halogens is 2. The zero-order valence-corrected chi connectivity index (χ0v) is 14.1. The second kappa shape index (κ2) is 8.52. The second-order valence-electron chi connectivity index (χ2n) is 4.98. The molecule has 0 aliphatic carbocycles. The van der Waals surface area contributed by atoms with Gasteiger partial charge in [0.1, 0.15) is 0 Å². The number of hydrogen-bond donors (Lipinski definition) is 2. The summed E-state index contributed by atoms with van der Waals surface area (Å²) >= 11 is 11.8. The highest BCUT2D eigenvalue weighted by molar-refractivity contribution is 6.35. The summed E-state index contributed by atoms with van der Waals surface area (Å²) in [6.07, 6.45) is 6.64. The third-order valence-electron chi connectivity index (χ3n) is 3.06. The molecule has 0 radical (unpaired) electrons. The molecule has 0 fully saturated rings. The molecule has 1 amide bonds. The van der Waals surface area contributed by atoms with E-state index >= 15 is 0 Å². The Morgan fingerprint density at radius 1 is 1.33 bits per heavy atom. The fourth-order valence-corrected chi connectivity index (χ4v) is 2.40. The van der Waals surface area contributed by atoms with E-state index in [9.17, 15) is 9.59 Å². The maximum atomic E-state index is 11.9. The van der Waals surface area contributed by atoms with E-state index in [1.54, 1.807) is 35.2 Å². The van der Waals surface area contributed by atoms with Crippen LogP contribution in [0.4, 0.5) is 5.69 Å².